The first-order valence-electron chi connectivity index (χ1n) is 9.65. The van der Waals surface area contributed by atoms with E-state index in [1.54, 1.807) is 6.20 Å². The fraction of sp³-hybridized carbons (Fsp3) is 0.304. The lowest BCUT2D eigenvalue weighted by Crippen LogP contribution is -2.05. The Balaban J connectivity index is 1.55. The summed E-state index contributed by atoms with van der Waals surface area (Å²) in [6.45, 7) is 2.85. The number of pyridine rings is 2. The molecule has 0 radical (unpaired) electrons. The number of nitrogens with zero attached hydrogens (tertiary/aromatic N) is 2. The summed E-state index contributed by atoms with van der Waals surface area (Å²) in [5.74, 6) is 2.31. The zero-order chi connectivity index (χ0) is 18.2. The lowest BCUT2D eigenvalue weighted by molar-refractivity contribution is 0.357. The number of hydrogen-bond donors (Lipinski definition) is 0. The molecule has 2 aromatic heterocycles. The second-order valence-electron chi connectivity index (χ2n) is 7.34. The quantitative estimate of drug-likeness (QED) is 0.656. The molecule has 4 heteroatoms. The van der Waals surface area contributed by atoms with Crippen LogP contribution in [0.1, 0.15) is 35.2 Å². The standard InChI is InChI=1S/C23H22N2O2/c1-15-11-17-8-10-26-22(17)20(12-15)19-6-4-9-24-23(19)27-18-13-16-5-2-3-7-21(16)25-14-18/h4,6,9,11-14H,2-3,5,7-8,10H2,1H3. The molecule has 1 aromatic carbocycles. The molecule has 0 fully saturated rings. The fourth-order valence-corrected chi connectivity index (χ4v) is 4.08. The first-order valence-corrected chi connectivity index (χ1v) is 9.65. The third-order valence-corrected chi connectivity index (χ3v) is 5.35. The highest BCUT2D eigenvalue weighted by Crippen LogP contribution is 2.42. The Labute approximate surface area is 159 Å². The van der Waals surface area contributed by atoms with E-state index in [-0.39, 0.29) is 0 Å². The number of ether oxygens (including phenoxy) is 2. The predicted octanol–water partition coefficient (Wildman–Crippen LogP) is 5.06. The van der Waals surface area contributed by atoms with Crippen molar-refractivity contribution in [3.63, 3.8) is 0 Å². The SMILES string of the molecule is Cc1cc2c(c(-c3cccnc3Oc3cnc4c(c3)CCCC4)c1)OCC2. The second-order valence-corrected chi connectivity index (χ2v) is 7.34. The Kier molecular flexibility index (Phi) is 4.04. The van der Waals surface area contributed by atoms with Gasteiger partial charge in [-0.1, -0.05) is 6.07 Å². The zero-order valence-corrected chi connectivity index (χ0v) is 15.5. The van der Waals surface area contributed by atoms with E-state index in [1.807, 2.05) is 18.3 Å². The molecule has 0 saturated carbocycles. The topological polar surface area (TPSA) is 44.2 Å². The Morgan fingerprint density at radius 3 is 2.85 bits per heavy atom. The van der Waals surface area contributed by atoms with Crippen molar-refractivity contribution in [3.05, 3.63) is 65.1 Å². The normalized spacial score (nSPS) is 15.0. The van der Waals surface area contributed by atoms with Gasteiger partial charge in [-0.3, -0.25) is 4.98 Å². The van der Waals surface area contributed by atoms with Crippen LogP contribution in [0.15, 0.2) is 42.7 Å². The van der Waals surface area contributed by atoms with Gasteiger partial charge in [0.15, 0.2) is 0 Å². The highest BCUT2D eigenvalue weighted by atomic mass is 16.5. The average molecular weight is 358 g/mol. The summed E-state index contributed by atoms with van der Waals surface area (Å²) in [4.78, 5) is 9.12. The van der Waals surface area contributed by atoms with Crippen LogP contribution >= 0.6 is 0 Å². The van der Waals surface area contributed by atoms with Crippen molar-refractivity contribution in [3.8, 4) is 28.5 Å². The Hall–Kier alpha value is -2.88. The molecule has 1 aliphatic heterocycles. The van der Waals surface area contributed by atoms with Crippen LogP contribution in [0.2, 0.25) is 0 Å². The Morgan fingerprint density at radius 1 is 0.963 bits per heavy atom. The molecule has 0 bridgehead atoms. The first-order chi connectivity index (χ1) is 13.3. The van der Waals surface area contributed by atoms with Gasteiger partial charge in [-0.2, -0.15) is 0 Å². The van der Waals surface area contributed by atoms with E-state index in [1.165, 1.54) is 35.2 Å². The van der Waals surface area contributed by atoms with Gasteiger partial charge in [-0.15, -0.1) is 0 Å². The minimum Gasteiger partial charge on any atom is -0.492 e. The van der Waals surface area contributed by atoms with Crippen molar-refractivity contribution in [2.45, 2.75) is 39.0 Å². The van der Waals surface area contributed by atoms with Crippen LogP contribution in [0.25, 0.3) is 11.1 Å². The molecular formula is C23H22N2O2. The van der Waals surface area contributed by atoms with Crippen LogP contribution in [0.3, 0.4) is 0 Å². The monoisotopic (exact) mass is 358 g/mol. The molecular weight excluding hydrogens is 336 g/mol. The smallest absolute Gasteiger partial charge is 0.227 e. The van der Waals surface area contributed by atoms with E-state index in [9.17, 15) is 0 Å². The number of aromatic nitrogens is 2. The maximum absolute atomic E-state index is 6.20. The third-order valence-electron chi connectivity index (χ3n) is 5.35. The molecule has 1 aliphatic carbocycles. The van der Waals surface area contributed by atoms with Gasteiger partial charge in [-0.05, 0) is 73.6 Å². The van der Waals surface area contributed by atoms with Crippen LogP contribution in [0.4, 0.5) is 0 Å². The number of aryl methyl sites for hydroxylation is 3. The van der Waals surface area contributed by atoms with E-state index < -0.39 is 0 Å². The molecule has 0 amide bonds. The second kappa shape index (κ2) is 6.69. The van der Waals surface area contributed by atoms with Gasteiger partial charge in [0.05, 0.1) is 12.8 Å². The summed E-state index contributed by atoms with van der Waals surface area (Å²) >= 11 is 0. The third kappa shape index (κ3) is 3.05. The summed E-state index contributed by atoms with van der Waals surface area (Å²) in [6, 6.07) is 10.5. The van der Waals surface area contributed by atoms with Gasteiger partial charge in [0, 0.05) is 29.4 Å². The van der Waals surface area contributed by atoms with Crippen molar-refractivity contribution in [1.82, 2.24) is 9.97 Å². The molecule has 27 heavy (non-hydrogen) atoms. The van der Waals surface area contributed by atoms with E-state index in [2.05, 4.69) is 35.1 Å². The molecule has 4 nitrogen and oxygen atoms in total. The molecule has 136 valence electrons. The molecule has 5 rings (SSSR count). The first kappa shape index (κ1) is 16.3. The summed E-state index contributed by atoms with van der Waals surface area (Å²) in [5.41, 5.74) is 7.00. The Morgan fingerprint density at radius 2 is 1.89 bits per heavy atom. The molecule has 0 unspecified atom stereocenters. The van der Waals surface area contributed by atoms with Crippen molar-refractivity contribution in [2.24, 2.45) is 0 Å². The summed E-state index contributed by atoms with van der Waals surface area (Å²) in [7, 11) is 0. The lowest BCUT2D eigenvalue weighted by Gasteiger charge is -2.17. The van der Waals surface area contributed by atoms with Crippen LogP contribution in [0, 0.1) is 6.92 Å². The highest BCUT2D eigenvalue weighted by Gasteiger charge is 2.21. The van der Waals surface area contributed by atoms with Gasteiger partial charge in [0.2, 0.25) is 5.88 Å². The minimum absolute atomic E-state index is 0.596. The predicted molar refractivity (Wildman–Crippen MR) is 105 cm³/mol. The van der Waals surface area contributed by atoms with Crippen molar-refractivity contribution in [1.29, 1.82) is 0 Å². The number of fused-ring (bicyclic) bond motifs is 2. The van der Waals surface area contributed by atoms with Gasteiger partial charge in [-0.25, -0.2) is 4.98 Å². The lowest BCUT2D eigenvalue weighted by atomic mass is 9.96. The van der Waals surface area contributed by atoms with Crippen molar-refractivity contribution in [2.75, 3.05) is 6.61 Å². The van der Waals surface area contributed by atoms with Crippen molar-refractivity contribution < 1.29 is 9.47 Å². The van der Waals surface area contributed by atoms with Gasteiger partial charge < -0.3 is 9.47 Å². The molecule has 3 heterocycles. The van der Waals surface area contributed by atoms with Crippen LogP contribution in [-0.2, 0) is 19.3 Å². The van der Waals surface area contributed by atoms with E-state index in [4.69, 9.17) is 9.47 Å². The van der Waals surface area contributed by atoms with Crippen molar-refractivity contribution >= 4 is 0 Å². The van der Waals surface area contributed by atoms with Crippen LogP contribution < -0.4 is 9.47 Å². The van der Waals surface area contributed by atoms with Gasteiger partial charge in [0.1, 0.15) is 11.5 Å². The Bertz CT molecular complexity index is 1010. The highest BCUT2D eigenvalue weighted by molar-refractivity contribution is 5.77. The zero-order valence-electron chi connectivity index (χ0n) is 15.5. The van der Waals surface area contributed by atoms with Crippen LogP contribution in [0.5, 0.6) is 17.4 Å². The minimum atomic E-state index is 0.596. The molecule has 0 spiro atoms. The summed E-state index contributed by atoms with van der Waals surface area (Å²) in [6.07, 6.45) is 9.13. The maximum atomic E-state index is 6.20. The largest absolute Gasteiger partial charge is 0.492 e. The average Bonchev–Trinajstić information content (AvgIpc) is 3.16. The van der Waals surface area contributed by atoms with Crippen LogP contribution in [-0.4, -0.2) is 16.6 Å². The van der Waals surface area contributed by atoms with E-state index in [0.717, 1.165) is 48.5 Å². The molecule has 3 aromatic rings. The number of rotatable bonds is 3. The van der Waals surface area contributed by atoms with Gasteiger partial charge >= 0.3 is 0 Å². The molecule has 0 atom stereocenters. The summed E-state index contributed by atoms with van der Waals surface area (Å²) in [5, 5.41) is 0. The van der Waals surface area contributed by atoms with E-state index in [0.29, 0.717) is 5.88 Å². The molecule has 2 aliphatic rings. The number of benzene rings is 1. The summed E-state index contributed by atoms with van der Waals surface area (Å²) < 4.78 is 12.1. The molecule has 0 saturated heterocycles. The molecule has 0 N–H and O–H groups in total. The van der Waals surface area contributed by atoms with E-state index >= 15 is 0 Å². The van der Waals surface area contributed by atoms with Gasteiger partial charge in [0.25, 0.3) is 0 Å². The fourth-order valence-electron chi connectivity index (χ4n) is 4.08. The number of hydrogen-bond acceptors (Lipinski definition) is 4. The maximum Gasteiger partial charge on any atom is 0.227 e.